The molecule has 128 valence electrons. The number of nitrogens with one attached hydrogen (secondary N) is 1. The second-order valence-electron chi connectivity index (χ2n) is 5.21. The number of benzene rings is 1. The summed E-state index contributed by atoms with van der Waals surface area (Å²) in [6.45, 7) is 6.90. The van der Waals surface area contributed by atoms with Crippen molar-refractivity contribution >= 4 is 43.3 Å². The molecule has 0 aliphatic carbocycles. The minimum absolute atomic E-state index is 0.163. The summed E-state index contributed by atoms with van der Waals surface area (Å²) in [6, 6.07) is 5.07. The molecule has 0 spiro atoms. The summed E-state index contributed by atoms with van der Waals surface area (Å²) in [6.07, 6.45) is 0.813. The van der Waals surface area contributed by atoms with Gasteiger partial charge in [0.1, 0.15) is 0 Å². The molecule has 0 radical (unpaired) electrons. The van der Waals surface area contributed by atoms with Gasteiger partial charge in [0.25, 0.3) is 0 Å². The highest BCUT2D eigenvalue weighted by molar-refractivity contribution is 8.01. The van der Waals surface area contributed by atoms with E-state index in [1.807, 2.05) is 13.8 Å². The first-order valence-corrected chi connectivity index (χ1v) is 10.9. The maximum absolute atomic E-state index is 12.3. The Morgan fingerprint density at radius 3 is 2.87 bits per heavy atom. The van der Waals surface area contributed by atoms with Crippen LogP contribution in [0.25, 0.3) is 10.2 Å². The number of hydrogen-bond donors (Lipinski definition) is 1. The summed E-state index contributed by atoms with van der Waals surface area (Å²) in [5.41, 5.74) is 0.843. The Kier molecular flexibility index (Phi) is 6.84. The number of nitrogens with zero attached hydrogens (tertiary/aromatic N) is 1. The van der Waals surface area contributed by atoms with Crippen molar-refractivity contribution in [2.24, 2.45) is 0 Å². The third-order valence-corrected chi connectivity index (χ3v) is 6.48. The lowest BCUT2D eigenvalue weighted by Crippen LogP contribution is -2.25. The summed E-state index contributed by atoms with van der Waals surface area (Å²) in [5, 5.41) is 0. The first-order chi connectivity index (χ1) is 10.9. The van der Waals surface area contributed by atoms with Crippen molar-refractivity contribution in [3.05, 3.63) is 18.2 Å². The lowest BCUT2D eigenvalue weighted by molar-refractivity contribution is 0.0778. The first kappa shape index (κ1) is 18.7. The van der Waals surface area contributed by atoms with E-state index in [1.54, 1.807) is 30.0 Å². The van der Waals surface area contributed by atoms with Crippen LogP contribution >= 0.6 is 23.1 Å². The topological polar surface area (TPSA) is 68.3 Å². The highest BCUT2D eigenvalue weighted by Gasteiger charge is 2.15. The predicted octanol–water partition coefficient (Wildman–Crippen LogP) is 3.50. The second-order valence-corrected chi connectivity index (χ2v) is 9.52. The number of hydrogen-bond acceptors (Lipinski definition) is 6. The van der Waals surface area contributed by atoms with E-state index >= 15 is 0 Å². The quantitative estimate of drug-likeness (QED) is 0.537. The predicted molar refractivity (Wildman–Crippen MR) is 96.9 cm³/mol. The molecule has 0 bridgehead atoms. The molecule has 0 aliphatic rings. The van der Waals surface area contributed by atoms with E-state index in [1.165, 1.54) is 11.3 Å². The van der Waals surface area contributed by atoms with Crippen LogP contribution in [0.1, 0.15) is 27.2 Å². The molecule has 0 saturated carbocycles. The lowest BCUT2D eigenvalue weighted by Gasteiger charge is -2.09. The van der Waals surface area contributed by atoms with E-state index in [2.05, 4.69) is 16.6 Å². The van der Waals surface area contributed by atoms with Crippen LogP contribution in [-0.2, 0) is 14.8 Å². The standard InChI is InChI=1S/C15H22N2O3S3/c1-4-21-15-17-13-7-6-12(10-14(13)22-15)23(18,19)16-8-5-9-20-11(2)3/h6-7,10-11,16H,4-5,8-9H2,1-3H3. The SMILES string of the molecule is CCSc1nc2ccc(S(=O)(=O)NCCCOC(C)C)cc2s1. The average Bonchev–Trinajstić information content (AvgIpc) is 2.88. The molecule has 1 aromatic heterocycles. The Hall–Kier alpha value is -0.670. The molecule has 8 heteroatoms. The molecule has 0 unspecified atom stereocenters. The van der Waals surface area contributed by atoms with Crippen LogP contribution < -0.4 is 4.72 Å². The van der Waals surface area contributed by atoms with Crippen molar-refractivity contribution in [2.45, 2.75) is 42.5 Å². The molecule has 0 atom stereocenters. The molecule has 2 aromatic rings. The van der Waals surface area contributed by atoms with Crippen LogP contribution in [0.3, 0.4) is 0 Å². The molecule has 0 amide bonds. The van der Waals surface area contributed by atoms with Gasteiger partial charge in [-0.05, 0) is 44.2 Å². The maximum Gasteiger partial charge on any atom is 0.240 e. The van der Waals surface area contributed by atoms with E-state index < -0.39 is 10.0 Å². The van der Waals surface area contributed by atoms with Crippen molar-refractivity contribution in [1.29, 1.82) is 0 Å². The van der Waals surface area contributed by atoms with Crippen molar-refractivity contribution in [3.63, 3.8) is 0 Å². The van der Waals surface area contributed by atoms with Crippen LogP contribution in [0.15, 0.2) is 27.4 Å². The minimum atomic E-state index is -3.49. The van der Waals surface area contributed by atoms with Gasteiger partial charge in [-0.15, -0.1) is 11.3 Å². The van der Waals surface area contributed by atoms with Crippen LogP contribution in [0.2, 0.25) is 0 Å². The fourth-order valence-corrected chi connectivity index (χ4v) is 5.10. The maximum atomic E-state index is 12.3. The Morgan fingerprint density at radius 1 is 1.39 bits per heavy atom. The van der Waals surface area contributed by atoms with Crippen LogP contribution in [-0.4, -0.2) is 38.4 Å². The molecule has 2 rings (SSSR count). The van der Waals surface area contributed by atoms with Gasteiger partial charge in [-0.25, -0.2) is 18.1 Å². The summed E-state index contributed by atoms with van der Waals surface area (Å²) >= 11 is 3.19. The monoisotopic (exact) mass is 374 g/mol. The van der Waals surface area contributed by atoms with E-state index in [0.29, 0.717) is 19.6 Å². The summed E-state index contributed by atoms with van der Waals surface area (Å²) < 4.78 is 34.5. The van der Waals surface area contributed by atoms with E-state index in [-0.39, 0.29) is 11.0 Å². The smallest absolute Gasteiger partial charge is 0.240 e. The summed E-state index contributed by atoms with van der Waals surface area (Å²) in [5.74, 6) is 0.949. The van der Waals surface area contributed by atoms with Gasteiger partial charge < -0.3 is 4.74 Å². The fourth-order valence-electron chi connectivity index (χ4n) is 1.92. The summed E-state index contributed by atoms with van der Waals surface area (Å²) in [7, 11) is -3.49. The third-order valence-electron chi connectivity index (χ3n) is 2.98. The average molecular weight is 375 g/mol. The van der Waals surface area contributed by atoms with Crippen LogP contribution in [0, 0.1) is 0 Å². The number of fused-ring (bicyclic) bond motifs is 1. The zero-order chi connectivity index (χ0) is 16.9. The van der Waals surface area contributed by atoms with Gasteiger partial charge in [0.2, 0.25) is 10.0 Å². The van der Waals surface area contributed by atoms with Crippen molar-refractivity contribution in [2.75, 3.05) is 18.9 Å². The molecule has 1 aromatic carbocycles. The fraction of sp³-hybridized carbons (Fsp3) is 0.533. The highest BCUT2D eigenvalue weighted by atomic mass is 32.2. The molecule has 1 heterocycles. The largest absolute Gasteiger partial charge is 0.379 e. The van der Waals surface area contributed by atoms with Crippen molar-refractivity contribution in [3.8, 4) is 0 Å². The Labute approximate surface area is 145 Å². The normalized spacial score (nSPS) is 12.3. The summed E-state index contributed by atoms with van der Waals surface area (Å²) in [4.78, 5) is 4.76. The Balaban J connectivity index is 2.02. The number of ether oxygens (including phenoxy) is 1. The molecule has 1 N–H and O–H groups in total. The Morgan fingerprint density at radius 2 is 2.17 bits per heavy atom. The number of aromatic nitrogens is 1. The lowest BCUT2D eigenvalue weighted by atomic mass is 10.3. The van der Waals surface area contributed by atoms with Crippen LogP contribution in [0.5, 0.6) is 0 Å². The first-order valence-electron chi connectivity index (χ1n) is 7.57. The van der Waals surface area contributed by atoms with Gasteiger partial charge >= 0.3 is 0 Å². The zero-order valence-electron chi connectivity index (χ0n) is 13.5. The van der Waals surface area contributed by atoms with Gasteiger partial charge in [0, 0.05) is 13.2 Å². The number of thiazole rings is 1. The molecule has 0 fully saturated rings. The molecule has 23 heavy (non-hydrogen) atoms. The molecular formula is C15H22N2O3S3. The van der Waals surface area contributed by atoms with E-state index in [9.17, 15) is 8.42 Å². The number of thioether (sulfide) groups is 1. The van der Waals surface area contributed by atoms with Gasteiger partial charge in [0.15, 0.2) is 4.34 Å². The van der Waals surface area contributed by atoms with Gasteiger partial charge in [-0.3, -0.25) is 0 Å². The third kappa shape index (κ3) is 5.42. The zero-order valence-corrected chi connectivity index (χ0v) is 16.0. The van der Waals surface area contributed by atoms with Crippen molar-refractivity contribution in [1.82, 2.24) is 9.71 Å². The molecule has 0 aliphatic heterocycles. The van der Waals surface area contributed by atoms with Gasteiger partial charge in [-0.1, -0.05) is 18.7 Å². The number of sulfonamides is 1. The molecule has 0 saturated heterocycles. The minimum Gasteiger partial charge on any atom is -0.379 e. The van der Waals surface area contributed by atoms with E-state index in [0.717, 1.165) is 20.3 Å². The highest BCUT2D eigenvalue weighted by Crippen LogP contribution is 2.30. The van der Waals surface area contributed by atoms with Crippen LogP contribution in [0.4, 0.5) is 0 Å². The molecular weight excluding hydrogens is 352 g/mol. The number of rotatable bonds is 9. The van der Waals surface area contributed by atoms with Crippen molar-refractivity contribution < 1.29 is 13.2 Å². The molecule has 5 nitrogen and oxygen atoms in total. The second kappa shape index (κ2) is 8.43. The Bertz CT molecular complexity index is 742. The van der Waals surface area contributed by atoms with Gasteiger partial charge in [-0.2, -0.15) is 0 Å². The van der Waals surface area contributed by atoms with Gasteiger partial charge in [0.05, 0.1) is 21.2 Å². The van der Waals surface area contributed by atoms with E-state index in [4.69, 9.17) is 4.74 Å².